The van der Waals surface area contributed by atoms with Crippen molar-refractivity contribution in [3.05, 3.63) is 0 Å². The van der Waals surface area contributed by atoms with Crippen LogP contribution in [-0.4, -0.2) is 119 Å². The number of Topliss-reactive ketones (excluding diaryl/α,β-unsaturated/α-hetero) is 1. The van der Waals surface area contributed by atoms with Crippen molar-refractivity contribution in [3.8, 4) is 0 Å². The van der Waals surface area contributed by atoms with Crippen LogP contribution in [-0.2, 0) is 28.8 Å². The number of hydrogen-bond donors (Lipinski definition) is 10. The first-order valence-corrected chi connectivity index (χ1v) is 14.9. The lowest BCUT2D eigenvalue weighted by atomic mass is 9.98. The van der Waals surface area contributed by atoms with E-state index in [0.29, 0.717) is 19.3 Å². The molecule has 6 atom stereocenters. The lowest BCUT2D eigenvalue weighted by Crippen LogP contribution is -2.64. The molecular weight excluding hydrogens is 598 g/mol. The number of carbonyl (C=O) groups is 6. The summed E-state index contributed by atoms with van der Waals surface area (Å²) in [4.78, 5) is 79.9. The number of nitrogens with zero attached hydrogens (tertiary/aromatic N) is 2. The summed E-state index contributed by atoms with van der Waals surface area (Å²) >= 11 is 4.04. The van der Waals surface area contributed by atoms with Gasteiger partial charge in [-0.05, 0) is 32.6 Å². The Morgan fingerprint density at radius 2 is 1.75 bits per heavy atom. The lowest BCUT2D eigenvalue weighted by Gasteiger charge is -2.35. The molecule has 0 spiro atoms. The van der Waals surface area contributed by atoms with Gasteiger partial charge in [-0.3, -0.25) is 39.3 Å². The van der Waals surface area contributed by atoms with Crippen LogP contribution in [0.15, 0.2) is 4.99 Å². The zero-order valence-electron chi connectivity index (χ0n) is 25.7. The molecule has 0 rings (SSSR count). The van der Waals surface area contributed by atoms with Crippen LogP contribution < -0.4 is 38.6 Å². The summed E-state index contributed by atoms with van der Waals surface area (Å²) in [6.45, 7) is 5.73. The number of carboxylic acid groups (broad SMARTS) is 1. The molecule has 0 fully saturated rings. The third-order valence-corrected chi connectivity index (χ3v) is 7.42. The van der Waals surface area contributed by atoms with Gasteiger partial charge in [0.2, 0.25) is 11.8 Å². The largest absolute Gasteiger partial charge is 0.481 e. The number of aliphatic carboxylic acids is 1. The van der Waals surface area contributed by atoms with Crippen molar-refractivity contribution >= 4 is 54.3 Å². The van der Waals surface area contributed by atoms with Gasteiger partial charge in [0, 0.05) is 18.8 Å². The van der Waals surface area contributed by atoms with E-state index in [-0.39, 0.29) is 37.0 Å². The van der Waals surface area contributed by atoms with E-state index in [0.717, 1.165) is 5.01 Å². The molecule has 0 aliphatic carbocycles. The Bertz CT molecular complexity index is 1010. The molecule has 0 unspecified atom stereocenters. The van der Waals surface area contributed by atoms with Crippen LogP contribution in [0.5, 0.6) is 0 Å². The average Bonchev–Trinajstić information content (AvgIpc) is 2.97. The molecule has 44 heavy (non-hydrogen) atoms. The number of thiol groups is 1. The SMILES string of the molecule is CCNC(=O)[C@@H](NC(=O)[C@H](CO)NN(C(=O)[C@H](CC(=O)O)NCC(=O)[C@@](C)(N)CS)[C@H](C=O)CCCN=C(N)N)[C@H](C)CC. The molecule has 3 amide bonds. The Balaban J connectivity index is 6.40. The van der Waals surface area contributed by atoms with Crippen molar-refractivity contribution in [1.29, 1.82) is 0 Å². The van der Waals surface area contributed by atoms with Gasteiger partial charge in [0.05, 0.1) is 31.2 Å². The average molecular weight is 648 g/mol. The van der Waals surface area contributed by atoms with Crippen LogP contribution in [0.4, 0.5) is 0 Å². The van der Waals surface area contributed by atoms with E-state index in [1.54, 1.807) is 13.8 Å². The summed E-state index contributed by atoms with van der Waals surface area (Å²) in [5.74, 6) is -4.81. The van der Waals surface area contributed by atoms with Gasteiger partial charge in [-0.25, -0.2) is 5.43 Å². The molecule has 0 radical (unpaired) electrons. The van der Waals surface area contributed by atoms with E-state index in [9.17, 15) is 39.0 Å². The monoisotopic (exact) mass is 647 g/mol. The zero-order chi connectivity index (χ0) is 34.0. The molecule has 0 saturated heterocycles. The number of aliphatic imine (C=N–C) groups is 1. The van der Waals surface area contributed by atoms with E-state index >= 15 is 0 Å². The van der Waals surface area contributed by atoms with Crippen LogP contribution in [0.1, 0.15) is 53.4 Å². The van der Waals surface area contributed by atoms with Crippen molar-refractivity contribution in [2.45, 2.75) is 83.1 Å². The predicted octanol–water partition coefficient (Wildman–Crippen LogP) is -3.38. The Kier molecular flexibility index (Phi) is 19.0. The van der Waals surface area contributed by atoms with Crippen LogP contribution >= 0.6 is 12.6 Å². The second kappa shape index (κ2) is 20.6. The number of amides is 3. The number of aliphatic hydroxyl groups excluding tert-OH is 1. The molecule has 0 saturated carbocycles. The van der Waals surface area contributed by atoms with Gasteiger partial charge in [0.25, 0.3) is 5.91 Å². The molecule has 0 aromatic carbocycles. The van der Waals surface area contributed by atoms with Gasteiger partial charge in [0.1, 0.15) is 24.4 Å². The molecule has 0 aliphatic rings. The number of nitrogens with one attached hydrogen (secondary N) is 4. The van der Waals surface area contributed by atoms with Gasteiger partial charge in [-0.15, -0.1) is 0 Å². The number of carboxylic acids is 1. The van der Waals surface area contributed by atoms with Crippen molar-refractivity contribution in [3.63, 3.8) is 0 Å². The molecule has 0 aliphatic heterocycles. The third kappa shape index (κ3) is 14.0. The van der Waals surface area contributed by atoms with E-state index in [1.807, 2.05) is 6.92 Å². The number of hydrogen-bond acceptors (Lipinski definition) is 12. The standard InChI is InChI=1S/C26H49N9O8S/c1-5-15(3)21(23(42)30-6-2)33-22(41)18(13-37)34-35(16(12-36)8-7-9-31-25(27)28)24(43)17(10-20(39)40)32-11-19(38)26(4,29)14-44/h12,15-18,21,32,34,37,44H,5-11,13-14,29H2,1-4H3,(H,30,42)(H,33,41)(H,39,40)(H4,27,28,31)/t15-,16+,17+,18+,21+,26+/m1/s1. The van der Waals surface area contributed by atoms with Crippen molar-refractivity contribution in [1.82, 2.24) is 26.4 Å². The topological polar surface area (TPSA) is 285 Å². The van der Waals surface area contributed by atoms with Gasteiger partial charge >= 0.3 is 5.97 Å². The second-order valence-electron chi connectivity index (χ2n) is 10.5. The van der Waals surface area contributed by atoms with Crippen LogP contribution in [0.3, 0.4) is 0 Å². The van der Waals surface area contributed by atoms with E-state index in [2.05, 4.69) is 39.0 Å². The van der Waals surface area contributed by atoms with E-state index in [1.165, 1.54) is 6.92 Å². The molecule has 0 bridgehead atoms. The van der Waals surface area contributed by atoms with Gasteiger partial charge < -0.3 is 42.8 Å². The minimum absolute atomic E-state index is 0.0248. The van der Waals surface area contributed by atoms with Gasteiger partial charge in [-0.2, -0.15) is 12.6 Å². The Hall–Kier alpha value is -3.32. The number of carbonyl (C=O) groups excluding carboxylic acids is 5. The lowest BCUT2D eigenvalue weighted by molar-refractivity contribution is -0.149. The number of guanidine groups is 1. The fraction of sp³-hybridized carbons (Fsp3) is 0.731. The minimum Gasteiger partial charge on any atom is -0.481 e. The molecule has 0 aromatic heterocycles. The summed E-state index contributed by atoms with van der Waals surface area (Å²) in [6.07, 6.45) is 0.272. The number of likely N-dealkylation sites (N-methyl/N-ethyl adjacent to an activating group) is 1. The van der Waals surface area contributed by atoms with E-state index < -0.39 is 78.8 Å². The molecule has 18 heteroatoms. The van der Waals surface area contributed by atoms with Gasteiger partial charge in [0.15, 0.2) is 11.7 Å². The number of aldehydes is 1. The molecule has 0 heterocycles. The van der Waals surface area contributed by atoms with E-state index in [4.69, 9.17) is 17.2 Å². The number of rotatable bonds is 23. The second-order valence-corrected chi connectivity index (χ2v) is 10.8. The summed E-state index contributed by atoms with van der Waals surface area (Å²) in [6, 6.07) is -5.38. The number of hydrazine groups is 1. The first-order valence-electron chi connectivity index (χ1n) is 14.3. The summed E-state index contributed by atoms with van der Waals surface area (Å²) in [5.41, 5.74) is 17.7. The quantitative estimate of drug-likeness (QED) is 0.0130. The number of nitrogens with two attached hydrogens (primary N) is 3. The van der Waals surface area contributed by atoms with Crippen LogP contribution in [0, 0.1) is 5.92 Å². The Morgan fingerprint density at radius 3 is 2.23 bits per heavy atom. The maximum absolute atomic E-state index is 13.8. The summed E-state index contributed by atoms with van der Waals surface area (Å²) in [5, 5.41) is 28.1. The first kappa shape index (κ1) is 40.7. The fourth-order valence-corrected chi connectivity index (χ4v) is 3.95. The molecule has 252 valence electrons. The first-order chi connectivity index (χ1) is 20.6. The fourth-order valence-electron chi connectivity index (χ4n) is 3.77. The smallest absolute Gasteiger partial charge is 0.305 e. The Labute approximate surface area is 262 Å². The number of ketones is 1. The molecule has 0 aromatic rings. The van der Waals surface area contributed by atoms with Crippen LogP contribution in [0.25, 0.3) is 0 Å². The Morgan fingerprint density at radius 1 is 1.11 bits per heavy atom. The minimum atomic E-state index is -1.56. The van der Waals surface area contributed by atoms with Crippen molar-refractivity contribution < 1.29 is 39.0 Å². The highest BCUT2D eigenvalue weighted by molar-refractivity contribution is 7.80. The summed E-state index contributed by atoms with van der Waals surface area (Å²) in [7, 11) is 0. The molecule has 12 N–H and O–H groups in total. The normalized spacial score (nSPS) is 15.8. The zero-order valence-corrected chi connectivity index (χ0v) is 26.6. The number of aliphatic hydroxyl groups is 1. The van der Waals surface area contributed by atoms with Crippen LogP contribution in [0.2, 0.25) is 0 Å². The molecular formula is C26H49N9O8S. The highest BCUT2D eigenvalue weighted by atomic mass is 32.1. The predicted molar refractivity (Wildman–Crippen MR) is 166 cm³/mol. The maximum atomic E-state index is 13.8. The van der Waals surface area contributed by atoms with Crippen molar-refractivity contribution in [2.75, 3.05) is 32.0 Å². The third-order valence-electron chi connectivity index (χ3n) is 6.77. The highest BCUT2D eigenvalue weighted by Crippen LogP contribution is 2.12. The highest BCUT2D eigenvalue weighted by Gasteiger charge is 2.36. The summed E-state index contributed by atoms with van der Waals surface area (Å²) < 4.78 is 0. The van der Waals surface area contributed by atoms with Gasteiger partial charge in [-0.1, -0.05) is 20.3 Å². The van der Waals surface area contributed by atoms with Crippen molar-refractivity contribution in [2.24, 2.45) is 28.1 Å². The molecule has 17 nitrogen and oxygen atoms in total. The maximum Gasteiger partial charge on any atom is 0.305 e.